The molecule has 1 aromatic carbocycles. The minimum absolute atomic E-state index is 0.122. The fraction of sp³-hybridized carbons (Fsp3) is 0.400. The van der Waals surface area contributed by atoms with Gasteiger partial charge in [-0.3, -0.25) is 0 Å². The van der Waals surface area contributed by atoms with E-state index < -0.39 is 0 Å². The van der Waals surface area contributed by atoms with E-state index in [2.05, 4.69) is 5.32 Å². The van der Waals surface area contributed by atoms with Gasteiger partial charge in [0.15, 0.2) is 0 Å². The summed E-state index contributed by atoms with van der Waals surface area (Å²) in [6, 6.07) is 6.74. The van der Waals surface area contributed by atoms with Crippen LogP contribution < -0.4 is 5.32 Å². The van der Waals surface area contributed by atoms with Crippen molar-refractivity contribution < 1.29 is 9.50 Å². The average Bonchev–Trinajstić information content (AvgIpc) is 2.15. The lowest BCUT2D eigenvalue weighted by molar-refractivity contribution is 0.292. The minimum Gasteiger partial charge on any atom is -0.395 e. The van der Waals surface area contributed by atoms with E-state index in [0.717, 1.165) is 0 Å². The van der Waals surface area contributed by atoms with Crippen molar-refractivity contribution in [1.29, 1.82) is 0 Å². The Labute approximate surface area is 77.4 Å². The highest BCUT2D eigenvalue weighted by molar-refractivity contribution is 5.17. The maximum absolute atomic E-state index is 13.0. The molecule has 0 unspecified atom stereocenters. The Kier molecular flexibility index (Phi) is 4.43. The summed E-state index contributed by atoms with van der Waals surface area (Å²) in [6.07, 6.45) is 0.659. The van der Waals surface area contributed by atoms with E-state index in [0.29, 0.717) is 25.1 Å². The van der Waals surface area contributed by atoms with Gasteiger partial charge in [0.2, 0.25) is 0 Å². The normalized spacial score (nSPS) is 10.3. The zero-order chi connectivity index (χ0) is 9.52. The van der Waals surface area contributed by atoms with Gasteiger partial charge in [0.05, 0.1) is 6.61 Å². The third kappa shape index (κ3) is 3.53. The molecular weight excluding hydrogens is 169 g/mol. The lowest BCUT2D eigenvalue weighted by Gasteiger charge is -2.03. The molecule has 0 aliphatic rings. The van der Waals surface area contributed by atoms with Crippen LogP contribution in [0.25, 0.3) is 0 Å². The second-order valence-corrected chi connectivity index (χ2v) is 2.82. The first-order chi connectivity index (χ1) is 6.34. The third-order valence-electron chi connectivity index (χ3n) is 1.82. The molecule has 3 heteroatoms. The van der Waals surface area contributed by atoms with Gasteiger partial charge in [-0.2, -0.15) is 0 Å². The Balaban J connectivity index is 2.32. The van der Waals surface area contributed by atoms with Crippen molar-refractivity contribution in [2.75, 3.05) is 19.7 Å². The predicted octanol–water partition coefficient (Wildman–Crippen LogP) is 0.950. The minimum atomic E-state index is -0.159. The van der Waals surface area contributed by atoms with Crippen LogP contribution in [-0.2, 0) is 6.42 Å². The van der Waals surface area contributed by atoms with E-state index in [1.54, 1.807) is 12.1 Å². The molecular formula is C10H14FNO. The maximum Gasteiger partial charge on any atom is 0.126 e. The average molecular weight is 183 g/mol. The smallest absolute Gasteiger partial charge is 0.126 e. The van der Waals surface area contributed by atoms with Crippen molar-refractivity contribution in [3.63, 3.8) is 0 Å². The SMILES string of the molecule is OCCNCCc1ccccc1F. The highest BCUT2D eigenvalue weighted by atomic mass is 19.1. The molecule has 72 valence electrons. The van der Waals surface area contributed by atoms with Crippen molar-refractivity contribution >= 4 is 0 Å². The van der Waals surface area contributed by atoms with Crippen LogP contribution >= 0.6 is 0 Å². The van der Waals surface area contributed by atoms with E-state index in [-0.39, 0.29) is 12.4 Å². The molecule has 0 heterocycles. The Morgan fingerprint density at radius 2 is 2.00 bits per heavy atom. The predicted molar refractivity (Wildman–Crippen MR) is 50.1 cm³/mol. The lowest BCUT2D eigenvalue weighted by atomic mass is 10.1. The van der Waals surface area contributed by atoms with Crippen molar-refractivity contribution in [3.8, 4) is 0 Å². The highest BCUT2D eigenvalue weighted by Crippen LogP contribution is 2.05. The number of rotatable bonds is 5. The summed E-state index contributed by atoms with van der Waals surface area (Å²) >= 11 is 0. The van der Waals surface area contributed by atoms with Crippen LogP contribution in [0.15, 0.2) is 24.3 Å². The number of nitrogens with one attached hydrogen (secondary N) is 1. The summed E-state index contributed by atoms with van der Waals surface area (Å²) in [5.41, 5.74) is 0.716. The monoisotopic (exact) mass is 183 g/mol. The van der Waals surface area contributed by atoms with Crippen LogP contribution in [-0.4, -0.2) is 24.8 Å². The van der Waals surface area contributed by atoms with Gasteiger partial charge < -0.3 is 10.4 Å². The van der Waals surface area contributed by atoms with Crippen molar-refractivity contribution in [2.24, 2.45) is 0 Å². The molecule has 13 heavy (non-hydrogen) atoms. The number of hydrogen-bond acceptors (Lipinski definition) is 2. The van der Waals surface area contributed by atoms with Crippen molar-refractivity contribution in [1.82, 2.24) is 5.32 Å². The second kappa shape index (κ2) is 5.67. The standard InChI is InChI=1S/C10H14FNO/c11-10-4-2-1-3-9(10)5-6-12-7-8-13/h1-4,12-13H,5-8H2. The molecule has 1 aromatic rings. The Morgan fingerprint density at radius 1 is 1.23 bits per heavy atom. The summed E-state index contributed by atoms with van der Waals surface area (Å²) in [4.78, 5) is 0. The van der Waals surface area contributed by atoms with Gasteiger partial charge in [0.1, 0.15) is 5.82 Å². The molecule has 1 rings (SSSR count). The van der Waals surface area contributed by atoms with Gasteiger partial charge in [0, 0.05) is 6.54 Å². The highest BCUT2D eigenvalue weighted by Gasteiger charge is 1.98. The van der Waals surface area contributed by atoms with Crippen molar-refractivity contribution in [3.05, 3.63) is 35.6 Å². The van der Waals surface area contributed by atoms with Crippen LogP contribution in [0.1, 0.15) is 5.56 Å². The molecule has 2 N–H and O–H groups in total. The quantitative estimate of drug-likeness (QED) is 0.666. The van der Waals surface area contributed by atoms with Gasteiger partial charge in [-0.15, -0.1) is 0 Å². The number of aliphatic hydroxyl groups is 1. The molecule has 0 saturated heterocycles. The fourth-order valence-corrected chi connectivity index (χ4v) is 1.13. The molecule has 0 aliphatic heterocycles. The van der Waals surface area contributed by atoms with E-state index in [1.807, 2.05) is 6.07 Å². The van der Waals surface area contributed by atoms with Gasteiger partial charge in [0.25, 0.3) is 0 Å². The lowest BCUT2D eigenvalue weighted by Crippen LogP contribution is -2.21. The summed E-state index contributed by atoms with van der Waals surface area (Å²) in [5, 5.41) is 11.5. The zero-order valence-electron chi connectivity index (χ0n) is 7.46. The first-order valence-electron chi connectivity index (χ1n) is 4.39. The van der Waals surface area contributed by atoms with Crippen LogP contribution in [0.3, 0.4) is 0 Å². The number of hydrogen-bond donors (Lipinski definition) is 2. The van der Waals surface area contributed by atoms with E-state index in [1.165, 1.54) is 6.07 Å². The summed E-state index contributed by atoms with van der Waals surface area (Å²) in [7, 11) is 0. The summed E-state index contributed by atoms with van der Waals surface area (Å²) in [5.74, 6) is -0.159. The Bertz CT molecular complexity index is 252. The fourth-order valence-electron chi connectivity index (χ4n) is 1.13. The first-order valence-corrected chi connectivity index (χ1v) is 4.39. The molecule has 2 nitrogen and oxygen atoms in total. The molecule has 0 aromatic heterocycles. The topological polar surface area (TPSA) is 32.3 Å². The van der Waals surface area contributed by atoms with Crippen LogP contribution in [0, 0.1) is 5.82 Å². The van der Waals surface area contributed by atoms with Gasteiger partial charge >= 0.3 is 0 Å². The molecule has 0 amide bonds. The molecule has 0 aliphatic carbocycles. The molecule has 0 fully saturated rings. The van der Waals surface area contributed by atoms with Crippen molar-refractivity contribution in [2.45, 2.75) is 6.42 Å². The molecule has 0 atom stereocenters. The van der Waals surface area contributed by atoms with E-state index in [4.69, 9.17) is 5.11 Å². The van der Waals surface area contributed by atoms with E-state index >= 15 is 0 Å². The van der Waals surface area contributed by atoms with E-state index in [9.17, 15) is 4.39 Å². The summed E-state index contributed by atoms with van der Waals surface area (Å²) in [6.45, 7) is 1.38. The number of halogens is 1. The van der Waals surface area contributed by atoms with Gasteiger partial charge in [-0.25, -0.2) is 4.39 Å². The van der Waals surface area contributed by atoms with Gasteiger partial charge in [-0.05, 0) is 24.6 Å². The summed E-state index contributed by atoms with van der Waals surface area (Å²) < 4.78 is 13.0. The number of aliphatic hydroxyl groups excluding tert-OH is 1. The largest absolute Gasteiger partial charge is 0.395 e. The maximum atomic E-state index is 13.0. The Morgan fingerprint density at radius 3 is 2.69 bits per heavy atom. The molecule has 0 radical (unpaired) electrons. The van der Waals surface area contributed by atoms with Crippen LogP contribution in [0.2, 0.25) is 0 Å². The Hall–Kier alpha value is -0.930. The van der Waals surface area contributed by atoms with Crippen LogP contribution in [0.4, 0.5) is 4.39 Å². The zero-order valence-corrected chi connectivity index (χ0v) is 7.46. The molecule has 0 spiro atoms. The molecule has 0 bridgehead atoms. The number of benzene rings is 1. The molecule has 0 saturated carbocycles. The second-order valence-electron chi connectivity index (χ2n) is 2.82. The third-order valence-corrected chi connectivity index (χ3v) is 1.82. The van der Waals surface area contributed by atoms with Crippen LogP contribution in [0.5, 0.6) is 0 Å². The first kappa shape index (κ1) is 10.2. The van der Waals surface area contributed by atoms with Gasteiger partial charge in [-0.1, -0.05) is 18.2 Å².